The number of pyridine rings is 1. The van der Waals surface area contributed by atoms with Gasteiger partial charge in [0, 0.05) is 18.1 Å². The standard InChI is InChI=1S/C21H27N5O2/c1-5-21(3,4)15-6-7-17-14(10-15)11-16(19(27)23-17)18-24-20(28-25-18)13(2)26-9-8-22-12-26/h8-9,11-13,15H,5-7,10H2,1-4H3,(H,23,27). The maximum absolute atomic E-state index is 12.6. The van der Waals surface area contributed by atoms with Crippen LogP contribution in [0.3, 0.4) is 0 Å². The average molecular weight is 381 g/mol. The van der Waals surface area contributed by atoms with Gasteiger partial charge >= 0.3 is 0 Å². The van der Waals surface area contributed by atoms with Crippen molar-refractivity contribution in [2.75, 3.05) is 0 Å². The Hall–Kier alpha value is -2.70. The highest BCUT2D eigenvalue weighted by atomic mass is 16.5. The zero-order valence-electron chi connectivity index (χ0n) is 16.9. The normalized spacial score (nSPS) is 18.1. The van der Waals surface area contributed by atoms with Crippen molar-refractivity contribution in [1.29, 1.82) is 0 Å². The summed E-state index contributed by atoms with van der Waals surface area (Å²) in [5.41, 5.74) is 2.85. The summed E-state index contributed by atoms with van der Waals surface area (Å²) in [6, 6.07) is 1.82. The second-order valence-electron chi connectivity index (χ2n) is 8.44. The molecule has 28 heavy (non-hydrogen) atoms. The molecular weight excluding hydrogens is 354 g/mol. The molecule has 0 aliphatic heterocycles. The van der Waals surface area contributed by atoms with Gasteiger partial charge in [-0.15, -0.1) is 0 Å². The van der Waals surface area contributed by atoms with Crippen LogP contribution < -0.4 is 5.56 Å². The molecule has 0 spiro atoms. The third-order valence-electron chi connectivity index (χ3n) is 6.45. The van der Waals surface area contributed by atoms with Gasteiger partial charge in [-0.3, -0.25) is 4.79 Å². The minimum Gasteiger partial charge on any atom is -0.337 e. The number of hydrogen-bond acceptors (Lipinski definition) is 5. The first kappa shape index (κ1) is 18.7. The molecule has 0 bridgehead atoms. The molecule has 2 unspecified atom stereocenters. The zero-order chi connectivity index (χ0) is 19.9. The van der Waals surface area contributed by atoms with Gasteiger partial charge in [0.15, 0.2) is 0 Å². The molecule has 4 rings (SSSR count). The highest BCUT2D eigenvalue weighted by Crippen LogP contribution is 2.39. The van der Waals surface area contributed by atoms with Crippen LogP contribution in [0.4, 0.5) is 0 Å². The minimum atomic E-state index is -0.158. The number of rotatable bonds is 5. The van der Waals surface area contributed by atoms with Crippen LogP contribution in [0.1, 0.15) is 63.7 Å². The predicted molar refractivity (Wildman–Crippen MR) is 106 cm³/mol. The van der Waals surface area contributed by atoms with Gasteiger partial charge in [0.2, 0.25) is 11.7 Å². The number of nitrogens with one attached hydrogen (secondary N) is 1. The first-order valence-electron chi connectivity index (χ1n) is 9.95. The van der Waals surface area contributed by atoms with E-state index in [1.54, 1.807) is 12.5 Å². The lowest BCUT2D eigenvalue weighted by molar-refractivity contribution is 0.182. The van der Waals surface area contributed by atoms with Crippen LogP contribution in [-0.2, 0) is 12.8 Å². The summed E-state index contributed by atoms with van der Waals surface area (Å²) in [5, 5.41) is 4.07. The number of hydrogen-bond donors (Lipinski definition) is 1. The van der Waals surface area contributed by atoms with E-state index in [9.17, 15) is 4.79 Å². The number of imidazole rings is 1. The summed E-state index contributed by atoms with van der Waals surface area (Å²) in [4.78, 5) is 24.2. The van der Waals surface area contributed by atoms with Crippen LogP contribution in [0, 0.1) is 11.3 Å². The topological polar surface area (TPSA) is 89.6 Å². The van der Waals surface area contributed by atoms with Crippen LogP contribution >= 0.6 is 0 Å². The van der Waals surface area contributed by atoms with Gasteiger partial charge in [0.25, 0.3) is 5.56 Å². The Labute approximate surface area is 164 Å². The number of aryl methyl sites for hydroxylation is 1. The van der Waals surface area contributed by atoms with Crippen LogP contribution in [0.25, 0.3) is 11.4 Å². The van der Waals surface area contributed by atoms with E-state index in [1.165, 1.54) is 5.56 Å². The van der Waals surface area contributed by atoms with E-state index < -0.39 is 0 Å². The lowest BCUT2D eigenvalue weighted by Gasteiger charge is -2.37. The van der Waals surface area contributed by atoms with Gasteiger partial charge in [-0.25, -0.2) is 4.98 Å². The van der Waals surface area contributed by atoms with Crippen molar-refractivity contribution in [1.82, 2.24) is 24.7 Å². The van der Waals surface area contributed by atoms with Gasteiger partial charge in [0.05, 0.1) is 11.9 Å². The quantitative estimate of drug-likeness (QED) is 0.726. The Kier molecular flexibility index (Phi) is 4.69. The SMILES string of the molecule is CCC(C)(C)C1CCc2[nH]c(=O)c(-c3noc(C(C)n4ccnc4)n3)cc2C1. The van der Waals surface area contributed by atoms with Gasteiger partial charge in [-0.05, 0) is 49.1 Å². The Morgan fingerprint density at radius 2 is 2.25 bits per heavy atom. The van der Waals surface area contributed by atoms with Gasteiger partial charge in [-0.2, -0.15) is 4.98 Å². The average Bonchev–Trinajstić information content (AvgIpc) is 3.38. The Balaban J connectivity index is 1.65. The third kappa shape index (κ3) is 3.30. The fourth-order valence-electron chi connectivity index (χ4n) is 3.96. The van der Waals surface area contributed by atoms with Crippen LogP contribution in [-0.4, -0.2) is 24.7 Å². The fourth-order valence-corrected chi connectivity index (χ4v) is 3.96. The second kappa shape index (κ2) is 7.04. The first-order chi connectivity index (χ1) is 13.4. The van der Waals surface area contributed by atoms with Crippen LogP contribution in [0.15, 0.2) is 34.1 Å². The van der Waals surface area contributed by atoms with E-state index in [0.29, 0.717) is 23.2 Å². The van der Waals surface area contributed by atoms with Crippen molar-refractivity contribution in [3.63, 3.8) is 0 Å². The molecule has 7 heteroatoms. The lowest BCUT2D eigenvalue weighted by Crippen LogP contribution is -2.30. The highest BCUT2D eigenvalue weighted by Gasteiger charge is 2.32. The molecule has 0 amide bonds. The smallest absolute Gasteiger partial charge is 0.259 e. The van der Waals surface area contributed by atoms with E-state index in [2.05, 4.69) is 40.9 Å². The molecule has 0 fully saturated rings. The van der Waals surface area contributed by atoms with Gasteiger partial charge < -0.3 is 14.1 Å². The molecule has 7 nitrogen and oxygen atoms in total. The van der Waals surface area contributed by atoms with Crippen molar-refractivity contribution in [2.45, 2.75) is 59.4 Å². The predicted octanol–water partition coefficient (Wildman–Crippen LogP) is 3.77. The molecule has 3 aromatic heterocycles. The number of nitrogens with zero attached hydrogens (tertiary/aromatic N) is 4. The minimum absolute atomic E-state index is 0.143. The summed E-state index contributed by atoms with van der Waals surface area (Å²) in [5.74, 6) is 1.39. The van der Waals surface area contributed by atoms with E-state index in [1.807, 2.05) is 23.8 Å². The van der Waals surface area contributed by atoms with Crippen molar-refractivity contribution in [3.05, 3.63) is 52.3 Å². The number of aromatic nitrogens is 5. The van der Waals surface area contributed by atoms with Crippen molar-refractivity contribution >= 4 is 0 Å². The van der Waals surface area contributed by atoms with Crippen molar-refractivity contribution in [3.8, 4) is 11.4 Å². The summed E-state index contributed by atoms with van der Waals surface area (Å²) in [6.07, 6.45) is 9.38. The van der Waals surface area contributed by atoms with Gasteiger partial charge in [-0.1, -0.05) is 32.3 Å². The van der Waals surface area contributed by atoms with Crippen molar-refractivity contribution in [2.24, 2.45) is 11.3 Å². The molecule has 1 aliphatic carbocycles. The molecular formula is C21H27N5O2. The Bertz CT molecular complexity index is 1020. The molecule has 148 valence electrons. The molecule has 2 atom stereocenters. The summed E-state index contributed by atoms with van der Waals surface area (Å²) >= 11 is 0. The zero-order valence-corrected chi connectivity index (χ0v) is 16.9. The van der Waals surface area contributed by atoms with Gasteiger partial charge in [0.1, 0.15) is 6.04 Å². The number of H-pyrrole nitrogens is 1. The van der Waals surface area contributed by atoms with E-state index in [0.717, 1.165) is 31.4 Å². The molecule has 1 N–H and O–H groups in total. The summed E-state index contributed by atoms with van der Waals surface area (Å²) in [7, 11) is 0. The summed E-state index contributed by atoms with van der Waals surface area (Å²) < 4.78 is 7.31. The van der Waals surface area contributed by atoms with Crippen LogP contribution in [0.2, 0.25) is 0 Å². The summed E-state index contributed by atoms with van der Waals surface area (Å²) in [6.45, 7) is 8.86. The first-order valence-corrected chi connectivity index (χ1v) is 9.95. The molecule has 3 heterocycles. The number of fused-ring (bicyclic) bond motifs is 1. The molecule has 0 saturated heterocycles. The Morgan fingerprint density at radius 1 is 1.43 bits per heavy atom. The van der Waals surface area contributed by atoms with E-state index in [4.69, 9.17) is 4.52 Å². The fraction of sp³-hybridized carbons (Fsp3) is 0.524. The Morgan fingerprint density at radius 3 is 2.96 bits per heavy atom. The maximum Gasteiger partial charge on any atom is 0.259 e. The van der Waals surface area contributed by atoms with Crippen molar-refractivity contribution < 1.29 is 4.52 Å². The van der Waals surface area contributed by atoms with E-state index in [-0.39, 0.29) is 17.0 Å². The largest absolute Gasteiger partial charge is 0.337 e. The lowest BCUT2D eigenvalue weighted by atomic mass is 9.69. The molecule has 0 radical (unpaired) electrons. The van der Waals surface area contributed by atoms with Crippen LogP contribution in [0.5, 0.6) is 0 Å². The molecule has 0 saturated carbocycles. The molecule has 0 aromatic carbocycles. The monoisotopic (exact) mass is 381 g/mol. The second-order valence-corrected chi connectivity index (χ2v) is 8.44. The maximum atomic E-state index is 12.6. The third-order valence-corrected chi connectivity index (χ3v) is 6.45. The molecule has 1 aliphatic rings. The highest BCUT2D eigenvalue weighted by molar-refractivity contribution is 5.55. The van der Waals surface area contributed by atoms with E-state index >= 15 is 0 Å². The molecule has 3 aromatic rings. The number of aromatic amines is 1.